The summed E-state index contributed by atoms with van der Waals surface area (Å²) >= 11 is 5.81. The van der Waals surface area contributed by atoms with Crippen molar-refractivity contribution in [2.45, 2.75) is 24.6 Å². The maximum absolute atomic E-state index is 12.7. The van der Waals surface area contributed by atoms with Crippen LogP contribution >= 0.6 is 11.6 Å². The number of hydrogen-bond donors (Lipinski definition) is 2. The Morgan fingerprint density at radius 3 is 2.61 bits per heavy atom. The van der Waals surface area contributed by atoms with Gasteiger partial charge in [0.15, 0.2) is 0 Å². The number of alkyl halides is 3. The Kier molecular flexibility index (Phi) is 3.58. The fraction of sp³-hybridized carbons (Fsp3) is 0.500. The molecule has 0 aromatic heterocycles. The number of nitrogens with one attached hydrogen (secondary N) is 1. The van der Waals surface area contributed by atoms with Gasteiger partial charge in [0.1, 0.15) is 5.60 Å². The standard InChI is InChI=1S/C12H13ClF3NO/c13-10-8(11(18)5-2-6-17-7-11)3-1-4-9(10)12(14,15)16/h1,3-4,17-18H,2,5-7H2. The molecule has 100 valence electrons. The molecule has 1 atom stereocenters. The molecule has 0 aliphatic carbocycles. The number of rotatable bonds is 1. The van der Waals surface area contributed by atoms with Gasteiger partial charge >= 0.3 is 6.18 Å². The molecule has 6 heteroatoms. The van der Waals surface area contributed by atoms with E-state index in [1.807, 2.05) is 0 Å². The summed E-state index contributed by atoms with van der Waals surface area (Å²) in [4.78, 5) is 0. The molecule has 0 bridgehead atoms. The average Bonchev–Trinajstić information content (AvgIpc) is 2.28. The van der Waals surface area contributed by atoms with Crippen LogP contribution in [0, 0.1) is 0 Å². The first-order valence-corrected chi connectivity index (χ1v) is 6.02. The van der Waals surface area contributed by atoms with Gasteiger partial charge in [-0.25, -0.2) is 0 Å². The van der Waals surface area contributed by atoms with Gasteiger partial charge in [-0.2, -0.15) is 13.2 Å². The van der Waals surface area contributed by atoms with Gasteiger partial charge in [0.2, 0.25) is 0 Å². The molecule has 1 saturated heterocycles. The molecule has 1 aromatic carbocycles. The van der Waals surface area contributed by atoms with Crippen molar-refractivity contribution < 1.29 is 18.3 Å². The molecule has 0 saturated carbocycles. The van der Waals surface area contributed by atoms with E-state index in [0.717, 1.165) is 12.6 Å². The summed E-state index contributed by atoms with van der Waals surface area (Å²) in [5.41, 5.74) is -2.08. The first kappa shape index (κ1) is 13.6. The van der Waals surface area contributed by atoms with E-state index in [0.29, 0.717) is 12.8 Å². The Labute approximate surface area is 108 Å². The number of hydrogen-bond acceptors (Lipinski definition) is 2. The average molecular weight is 280 g/mol. The van der Waals surface area contributed by atoms with Crippen molar-refractivity contribution in [1.82, 2.24) is 5.32 Å². The largest absolute Gasteiger partial charge is 0.417 e. The van der Waals surface area contributed by atoms with Crippen LogP contribution in [-0.2, 0) is 11.8 Å². The lowest BCUT2D eigenvalue weighted by atomic mass is 9.86. The molecule has 1 aliphatic heterocycles. The Hall–Kier alpha value is -0.780. The number of halogens is 4. The van der Waals surface area contributed by atoms with Gasteiger partial charge in [-0.05, 0) is 25.5 Å². The summed E-state index contributed by atoms with van der Waals surface area (Å²) in [6, 6.07) is 3.65. The summed E-state index contributed by atoms with van der Waals surface area (Å²) in [6.45, 7) is 0.965. The van der Waals surface area contributed by atoms with Crippen molar-refractivity contribution in [3.05, 3.63) is 34.3 Å². The van der Waals surface area contributed by atoms with Crippen LogP contribution in [0.2, 0.25) is 5.02 Å². The number of piperidine rings is 1. The second-order valence-electron chi connectivity index (χ2n) is 4.48. The predicted octanol–water partition coefficient (Wildman–Crippen LogP) is 2.93. The van der Waals surface area contributed by atoms with Crippen LogP contribution < -0.4 is 5.32 Å². The molecule has 0 amide bonds. The van der Waals surface area contributed by atoms with E-state index < -0.39 is 22.4 Å². The number of aliphatic hydroxyl groups is 1. The molecule has 0 radical (unpaired) electrons. The van der Waals surface area contributed by atoms with Crippen LogP contribution in [0.3, 0.4) is 0 Å². The van der Waals surface area contributed by atoms with E-state index in [1.54, 1.807) is 0 Å². The summed E-state index contributed by atoms with van der Waals surface area (Å²) in [7, 11) is 0. The van der Waals surface area contributed by atoms with Crippen LogP contribution in [0.25, 0.3) is 0 Å². The maximum Gasteiger partial charge on any atom is 0.417 e. The second-order valence-corrected chi connectivity index (χ2v) is 4.85. The lowest BCUT2D eigenvalue weighted by Crippen LogP contribution is -2.43. The molecule has 18 heavy (non-hydrogen) atoms. The Bertz CT molecular complexity index is 441. The SMILES string of the molecule is OC1(c2cccc(C(F)(F)F)c2Cl)CCCNC1. The van der Waals surface area contributed by atoms with E-state index in [2.05, 4.69) is 5.32 Å². The van der Waals surface area contributed by atoms with Crippen molar-refractivity contribution in [2.24, 2.45) is 0 Å². The van der Waals surface area contributed by atoms with E-state index in [-0.39, 0.29) is 12.1 Å². The molecule has 0 spiro atoms. The minimum atomic E-state index is -4.51. The van der Waals surface area contributed by atoms with Gasteiger partial charge in [0.05, 0.1) is 10.6 Å². The van der Waals surface area contributed by atoms with Gasteiger partial charge in [0.25, 0.3) is 0 Å². The quantitative estimate of drug-likeness (QED) is 0.828. The molecule has 1 aromatic rings. The van der Waals surface area contributed by atoms with Crippen LogP contribution in [0.5, 0.6) is 0 Å². The maximum atomic E-state index is 12.7. The summed E-state index contributed by atoms with van der Waals surface area (Å²) in [5, 5.41) is 13.0. The summed E-state index contributed by atoms with van der Waals surface area (Å²) < 4.78 is 38.2. The molecule has 2 nitrogen and oxygen atoms in total. The van der Waals surface area contributed by atoms with Gasteiger partial charge in [0, 0.05) is 12.1 Å². The molecule has 2 N–H and O–H groups in total. The van der Waals surface area contributed by atoms with Crippen molar-refractivity contribution in [3.63, 3.8) is 0 Å². The minimum absolute atomic E-state index is 0.145. The molecular weight excluding hydrogens is 267 g/mol. The van der Waals surface area contributed by atoms with Crippen LogP contribution in [0.15, 0.2) is 18.2 Å². The number of β-amino-alcohol motifs (C(OH)–C–C–N with tert-alkyl or cyclic N) is 1. The molecule has 2 rings (SSSR count). The molecular formula is C12H13ClF3NO. The third-order valence-electron chi connectivity index (χ3n) is 3.17. The Morgan fingerprint density at radius 2 is 2.06 bits per heavy atom. The normalized spacial score (nSPS) is 25.2. The van der Waals surface area contributed by atoms with Crippen molar-refractivity contribution in [2.75, 3.05) is 13.1 Å². The number of benzene rings is 1. The second kappa shape index (κ2) is 4.72. The first-order chi connectivity index (χ1) is 8.34. The highest BCUT2D eigenvalue weighted by Gasteiger charge is 2.39. The third-order valence-corrected chi connectivity index (χ3v) is 3.57. The first-order valence-electron chi connectivity index (χ1n) is 5.64. The van der Waals surface area contributed by atoms with Gasteiger partial charge in [-0.1, -0.05) is 23.7 Å². The van der Waals surface area contributed by atoms with E-state index in [1.165, 1.54) is 12.1 Å². The zero-order valence-corrected chi connectivity index (χ0v) is 10.3. The van der Waals surface area contributed by atoms with Crippen molar-refractivity contribution in [3.8, 4) is 0 Å². The summed E-state index contributed by atoms with van der Waals surface area (Å²) in [5.74, 6) is 0. The van der Waals surface area contributed by atoms with E-state index in [9.17, 15) is 18.3 Å². The summed E-state index contributed by atoms with van der Waals surface area (Å²) in [6.07, 6.45) is -3.41. The zero-order valence-electron chi connectivity index (χ0n) is 9.52. The fourth-order valence-corrected chi connectivity index (χ4v) is 2.64. The Balaban J connectivity index is 2.45. The highest BCUT2D eigenvalue weighted by molar-refractivity contribution is 6.32. The lowest BCUT2D eigenvalue weighted by molar-refractivity contribution is -0.137. The molecule has 1 aliphatic rings. The smallest absolute Gasteiger partial charge is 0.384 e. The van der Waals surface area contributed by atoms with Gasteiger partial charge < -0.3 is 10.4 Å². The van der Waals surface area contributed by atoms with Gasteiger partial charge in [-0.15, -0.1) is 0 Å². The van der Waals surface area contributed by atoms with Crippen LogP contribution in [0.1, 0.15) is 24.0 Å². The lowest BCUT2D eigenvalue weighted by Gasteiger charge is -2.34. The highest BCUT2D eigenvalue weighted by Crippen LogP contribution is 2.41. The van der Waals surface area contributed by atoms with Crippen molar-refractivity contribution >= 4 is 11.6 Å². The highest BCUT2D eigenvalue weighted by atomic mass is 35.5. The Morgan fingerprint density at radius 1 is 1.33 bits per heavy atom. The van der Waals surface area contributed by atoms with E-state index in [4.69, 9.17) is 11.6 Å². The molecule has 1 heterocycles. The minimum Gasteiger partial charge on any atom is -0.384 e. The molecule has 1 unspecified atom stereocenters. The van der Waals surface area contributed by atoms with Gasteiger partial charge in [-0.3, -0.25) is 0 Å². The van der Waals surface area contributed by atoms with Crippen LogP contribution in [0.4, 0.5) is 13.2 Å². The third kappa shape index (κ3) is 2.48. The topological polar surface area (TPSA) is 32.3 Å². The molecule has 1 fully saturated rings. The van der Waals surface area contributed by atoms with Crippen LogP contribution in [-0.4, -0.2) is 18.2 Å². The zero-order chi connectivity index (χ0) is 13.4. The van der Waals surface area contributed by atoms with E-state index >= 15 is 0 Å². The fourth-order valence-electron chi connectivity index (χ4n) is 2.23. The van der Waals surface area contributed by atoms with Crippen molar-refractivity contribution in [1.29, 1.82) is 0 Å². The predicted molar refractivity (Wildman–Crippen MR) is 62.5 cm³/mol. The monoisotopic (exact) mass is 279 g/mol.